The summed E-state index contributed by atoms with van der Waals surface area (Å²) in [7, 11) is 0. The van der Waals surface area contributed by atoms with Gasteiger partial charge in [0.15, 0.2) is 0 Å². The van der Waals surface area contributed by atoms with Crippen LogP contribution < -0.4 is 11.1 Å². The van der Waals surface area contributed by atoms with Gasteiger partial charge in [-0.25, -0.2) is 8.78 Å². The molecule has 3 N–H and O–H groups in total. The molecule has 3 nitrogen and oxygen atoms in total. The van der Waals surface area contributed by atoms with E-state index in [4.69, 9.17) is 17.3 Å². The normalized spacial score (nSPS) is 11.6. The number of nitrogens with two attached hydrogens (primary N) is 1. The highest BCUT2D eigenvalue weighted by Gasteiger charge is 2.49. The fourth-order valence-electron chi connectivity index (χ4n) is 0.941. The number of hydrogen-bond acceptors (Lipinski definition) is 2. The molecular formula is C9H7ClF4N2O. The number of benzene rings is 1. The highest BCUT2D eigenvalue weighted by Crippen LogP contribution is 2.28. The number of alkyl halides is 4. The van der Waals surface area contributed by atoms with Gasteiger partial charge in [-0.1, -0.05) is 11.6 Å². The molecule has 94 valence electrons. The molecule has 8 heteroatoms. The van der Waals surface area contributed by atoms with Gasteiger partial charge >= 0.3 is 18.3 Å². The van der Waals surface area contributed by atoms with Crippen LogP contribution in [0.4, 0.5) is 28.9 Å². The molecule has 0 fully saturated rings. The first-order valence-corrected chi connectivity index (χ1v) is 4.65. The molecule has 0 spiro atoms. The lowest BCUT2D eigenvalue weighted by molar-refractivity contribution is -0.163. The van der Waals surface area contributed by atoms with E-state index in [-0.39, 0.29) is 16.4 Å². The van der Waals surface area contributed by atoms with Gasteiger partial charge in [-0.2, -0.15) is 8.78 Å². The van der Waals surface area contributed by atoms with Gasteiger partial charge in [0, 0.05) is 5.02 Å². The second-order valence-electron chi connectivity index (χ2n) is 3.11. The van der Waals surface area contributed by atoms with Crippen molar-refractivity contribution in [2.45, 2.75) is 12.3 Å². The molecule has 0 aliphatic heterocycles. The smallest absolute Gasteiger partial charge is 0.383 e. The first kappa shape index (κ1) is 13.6. The van der Waals surface area contributed by atoms with E-state index in [9.17, 15) is 22.4 Å². The molecule has 0 unspecified atom stereocenters. The first-order valence-electron chi connectivity index (χ1n) is 4.27. The predicted octanol–water partition coefficient (Wildman–Crippen LogP) is 2.76. The quantitative estimate of drug-likeness (QED) is 0.655. The standard InChI is InChI=1S/C9H7ClF4N2O/c10-4-1-2-5(15)6(3-4)16-8(17)9(13,14)7(11)12/h1-3,7H,15H2,(H,16,17). The number of nitrogens with one attached hydrogen (secondary N) is 1. The van der Waals surface area contributed by atoms with E-state index in [2.05, 4.69) is 0 Å². The zero-order valence-corrected chi connectivity index (χ0v) is 8.94. The maximum atomic E-state index is 12.6. The van der Waals surface area contributed by atoms with Gasteiger partial charge in [-0.05, 0) is 18.2 Å². The third kappa shape index (κ3) is 3.00. The average molecular weight is 271 g/mol. The van der Waals surface area contributed by atoms with E-state index in [1.165, 1.54) is 12.1 Å². The average Bonchev–Trinajstić information content (AvgIpc) is 2.23. The molecule has 0 aromatic heterocycles. The lowest BCUT2D eigenvalue weighted by Crippen LogP contribution is -2.41. The van der Waals surface area contributed by atoms with E-state index in [0.717, 1.165) is 6.07 Å². The lowest BCUT2D eigenvalue weighted by atomic mass is 10.2. The van der Waals surface area contributed by atoms with Gasteiger partial charge in [-0.3, -0.25) is 4.79 Å². The first-order chi connectivity index (χ1) is 7.75. The van der Waals surface area contributed by atoms with E-state index >= 15 is 0 Å². The molecule has 0 bridgehead atoms. The van der Waals surface area contributed by atoms with Crippen molar-refractivity contribution in [2.24, 2.45) is 0 Å². The molecule has 0 heterocycles. The summed E-state index contributed by atoms with van der Waals surface area (Å²) in [5.41, 5.74) is 5.04. The number of carbonyl (C=O) groups excluding carboxylic acids is 1. The van der Waals surface area contributed by atoms with E-state index in [0.29, 0.717) is 0 Å². The van der Waals surface area contributed by atoms with Crippen LogP contribution in [0.2, 0.25) is 5.02 Å². The largest absolute Gasteiger partial charge is 0.397 e. The van der Waals surface area contributed by atoms with Crippen LogP contribution >= 0.6 is 11.6 Å². The van der Waals surface area contributed by atoms with Gasteiger partial charge in [0.25, 0.3) is 0 Å². The third-order valence-electron chi connectivity index (χ3n) is 1.84. The summed E-state index contributed by atoms with van der Waals surface area (Å²) in [5, 5.41) is 1.71. The summed E-state index contributed by atoms with van der Waals surface area (Å²) in [5.74, 6) is -6.92. The lowest BCUT2D eigenvalue weighted by Gasteiger charge is -2.15. The SMILES string of the molecule is Nc1ccc(Cl)cc1NC(=O)C(F)(F)C(F)F. The number of amides is 1. The zero-order valence-electron chi connectivity index (χ0n) is 8.18. The van der Waals surface area contributed by atoms with Crippen LogP contribution in [0.15, 0.2) is 18.2 Å². The van der Waals surface area contributed by atoms with Crippen molar-refractivity contribution < 1.29 is 22.4 Å². The van der Waals surface area contributed by atoms with Crippen molar-refractivity contribution in [3.8, 4) is 0 Å². The maximum Gasteiger partial charge on any atom is 0.383 e. The molecular weight excluding hydrogens is 264 g/mol. The minimum atomic E-state index is -4.78. The van der Waals surface area contributed by atoms with Crippen LogP contribution in [0.5, 0.6) is 0 Å². The van der Waals surface area contributed by atoms with Crippen molar-refractivity contribution >= 4 is 28.9 Å². The molecule has 1 amide bonds. The van der Waals surface area contributed by atoms with Crippen LogP contribution in [0.3, 0.4) is 0 Å². The Balaban J connectivity index is 2.92. The Morgan fingerprint density at radius 1 is 1.41 bits per heavy atom. The molecule has 0 radical (unpaired) electrons. The van der Waals surface area contributed by atoms with Gasteiger partial charge in [0.1, 0.15) is 0 Å². The van der Waals surface area contributed by atoms with Crippen LogP contribution in [-0.2, 0) is 4.79 Å². The number of halogens is 5. The summed E-state index contributed by atoms with van der Waals surface area (Å²) in [4.78, 5) is 10.9. The fraction of sp³-hybridized carbons (Fsp3) is 0.222. The molecule has 0 saturated heterocycles. The van der Waals surface area contributed by atoms with E-state index in [1.807, 2.05) is 0 Å². The Morgan fingerprint density at radius 3 is 2.53 bits per heavy atom. The van der Waals surface area contributed by atoms with Gasteiger partial charge in [0.2, 0.25) is 0 Å². The highest BCUT2D eigenvalue weighted by atomic mass is 35.5. The number of hydrogen-bond donors (Lipinski definition) is 2. The minimum absolute atomic E-state index is 0.0622. The molecule has 0 atom stereocenters. The second-order valence-corrected chi connectivity index (χ2v) is 3.55. The van der Waals surface area contributed by atoms with Crippen LogP contribution in [0.1, 0.15) is 0 Å². The molecule has 0 aliphatic carbocycles. The number of carbonyl (C=O) groups is 1. The van der Waals surface area contributed by atoms with Crippen molar-refractivity contribution in [3.63, 3.8) is 0 Å². The third-order valence-corrected chi connectivity index (χ3v) is 2.08. The number of rotatable bonds is 3. The van der Waals surface area contributed by atoms with E-state index < -0.39 is 18.3 Å². The highest BCUT2D eigenvalue weighted by molar-refractivity contribution is 6.31. The summed E-state index contributed by atoms with van der Waals surface area (Å²) in [6, 6.07) is 3.69. The van der Waals surface area contributed by atoms with Crippen LogP contribution in [0.25, 0.3) is 0 Å². The van der Waals surface area contributed by atoms with Gasteiger partial charge in [0.05, 0.1) is 11.4 Å². The topological polar surface area (TPSA) is 55.1 Å². The Morgan fingerprint density at radius 2 is 2.00 bits per heavy atom. The summed E-state index contributed by atoms with van der Waals surface area (Å²) in [6.07, 6.45) is -4.09. The van der Waals surface area contributed by atoms with Gasteiger partial charge < -0.3 is 11.1 Å². The summed E-state index contributed by atoms with van der Waals surface area (Å²) in [6.45, 7) is 0. The molecule has 1 aromatic rings. The Hall–Kier alpha value is -1.50. The van der Waals surface area contributed by atoms with Crippen LogP contribution in [-0.4, -0.2) is 18.3 Å². The van der Waals surface area contributed by atoms with Crippen LogP contribution in [0, 0.1) is 0 Å². The second kappa shape index (κ2) is 4.79. The monoisotopic (exact) mass is 270 g/mol. The molecule has 1 aromatic carbocycles. The van der Waals surface area contributed by atoms with Crippen molar-refractivity contribution in [3.05, 3.63) is 23.2 Å². The van der Waals surface area contributed by atoms with Crippen molar-refractivity contribution in [1.29, 1.82) is 0 Å². The molecule has 0 aliphatic rings. The van der Waals surface area contributed by atoms with Crippen molar-refractivity contribution in [1.82, 2.24) is 0 Å². The summed E-state index contributed by atoms with van der Waals surface area (Å²) >= 11 is 5.53. The Kier molecular flexibility index (Phi) is 3.82. The zero-order chi connectivity index (χ0) is 13.2. The predicted molar refractivity (Wildman–Crippen MR) is 55.4 cm³/mol. The minimum Gasteiger partial charge on any atom is -0.397 e. The Bertz CT molecular complexity index is 439. The number of nitrogen functional groups attached to an aromatic ring is 1. The van der Waals surface area contributed by atoms with Gasteiger partial charge in [-0.15, -0.1) is 0 Å². The Labute approximate surface area is 98.5 Å². The molecule has 1 rings (SSSR count). The van der Waals surface area contributed by atoms with Crippen molar-refractivity contribution in [2.75, 3.05) is 11.1 Å². The number of anilines is 2. The molecule has 17 heavy (non-hydrogen) atoms. The fourth-order valence-corrected chi connectivity index (χ4v) is 1.11. The molecule has 0 saturated carbocycles. The summed E-state index contributed by atoms with van der Waals surface area (Å²) < 4.78 is 49.0. The maximum absolute atomic E-state index is 12.6. The van der Waals surface area contributed by atoms with E-state index in [1.54, 1.807) is 5.32 Å².